The van der Waals surface area contributed by atoms with Crippen LogP contribution in [0.25, 0.3) is 5.76 Å². The van der Waals surface area contributed by atoms with Crippen molar-refractivity contribution in [2.45, 2.75) is 13.8 Å². The maximum Gasteiger partial charge on any atom is 0.174 e. The van der Waals surface area contributed by atoms with E-state index in [-0.39, 0.29) is 11.4 Å². The van der Waals surface area contributed by atoms with E-state index in [1.165, 1.54) is 6.92 Å². The number of carbonyl (C=O) groups excluding carboxylic acids is 1. The Kier molecular flexibility index (Phi) is 4.92. The molecule has 0 aliphatic heterocycles. The number of ketones is 1. The molecule has 0 aliphatic carbocycles. The van der Waals surface area contributed by atoms with E-state index in [0.717, 1.165) is 10.0 Å². The summed E-state index contributed by atoms with van der Waals surface area (Å²) in [6, 6.07) is 9.17. The number of halogens is 1. The minimum absolute atomic E-state index is 0.0502. The molecule has 0 unspecified atom stereocenters. The second-order valence-corrected chi connectivity index (χ2v) is 4.23. The second kappa shape index (κ2) is 6.21. The molecule has 0 bridgehead atoms. The van der Waals surface area contributed by atoms with Gasteiger partial charge in [0.05, 0.1) is 6.61 Å². The van der Waals surface area contributed by atoms with Crippen LogP contribution in [0.15, 0.2) is 34.3 Å². The van der Waals surface area contributed by atoms with Crippen LogP contribution in [0.1, 0.15) is 19.4 Å². The average Bonchev–Trinajstić information content (AvgIpc) is 2.29. The Morgan fingerprint density at radius 2 is 2.00 bits per heavy atom. The molecule has 4 heteroatoms. The number of rotatable bonds is 4. The molecule has 17 heavy (non-hydrogen) atoms. The minimum atomic E-state index is -0.293. The van der Waals surface area contributed by atoms with E-state index in [2.05, 4.69) is 15.9 Å². The van der Waals surface area contributed by atoms with E-state index >= 15 is 0 Å². The third kappa shape index (κ3) is 3.43. The number of hydrogen-bond acceptors (Lipinski definition) is 3. The fourth-order valence-electron chi connectivity index (χ4n) is 1.33. The number of hydrogen-bond donors (Lipinski definition) is 0. The first kappa shape index (κ1) is 13.5. The van der Waals surface area contributed by atoms with Crippen molar-refractivity contribution in [3.8, 4) is 6.07 Å². The number of nitrogens with zero attached hydrogens (tertiary/aromatic N) is 1. The van der Waals surface area contributed by atoms with Gasteiger partial charge in [-0.15, -0.1) is 0 Å². The van der Waals surface area contributed by atoms with Crippen LogP contribution in [0.4, 0.5) is 0 Å². The number of allylic oxidation sites excluding steroid dienone is 1. The Balaban J connectivity index is 3.31. The number of Topliss-reactive ketones (excluding diaryl/α,β-unsaturated/α-hetero) is 1. The number of carbonyl (C=O) groups is 1. The van der Waals surface area contributed by atoms with Crippen molar-refractivity contribution in [3.05, 3.63) is 39.9 Å². The van der Waals surface area contributed by atoms with Crippen molar-refractivity contribution in [3.63, 3.8) is 0 Å². The highest BCUT2D eigenvalue weighted by Crippen LogP contribution is 2.22. The monoisotopic (exact) mass is 293 g/mol. The maximum atomic E-state index is 11.4. The van der Waals surface area contributed by atoms with Gasteiger partial charge in [0.2, 0.25) is 0 Å². The Labute approximate surface area is 109 Å². The third-order valence-corrected chi connectivity index (χ3v) is 2.61. The van der Waals surface area contributed by atoms with E-state index in [1.54, 1.807) is 12.1 Å². The molecule has 0 atom stereocenters. The second-order valence-electron chi connectivity index (χ2n) is 3.31. The summed E-state index contributed by atoms with van der Waals surface area (Å²) < 4.78 is 6.33. The Hall–Kier alpha value is -1.60. The predicted octanol–water partition coefficient (Wildman–Crippen LogP) is 3.31. The molecule has 0 amide bonds. The zero-order valence-corrected chi connectivity index (χ0v) is 11.2. The van der Waals surface area contributed by atoms with Gasteiger partial charge in [0.1, 0.15) is 17.4 Å². The first-order valence-electron chi connectivity index (χ1n) is 5.14. The number of benzene rings is 1. The molecule has 3 nitrogen and oxygen atoms in total. The largest absolute Gasteiger partial charge is 0.492 e. The molecule has 0 aliphatic rings. The van der Waals surface area contributed by atoms with Gasteiger partial charge in [0, 0.05) is 17.0 Å². The summed E-state index contributed by atoms with van der Waals surface area (Å²) in [6.45, 7) is 3.58. The fraction of sp³-hybridized carbons (Fsp3) is 0.231. The van der Waals surface area contributed by atoms with Crippen molar-refractivity contribution in [2.24, 2.45) is 0 Å². The van der Waals surface area contributed by atoms with Crippen LogP contribution in [-0.4, -0.2) is 12.4 Å². The smallest absolute Gasteiger partial charge is 0.174 e. The van der Waals surface area contributed by atoms with Gasteiger partial charge in [-0.05, 0) is 19.1 Å². The van der Waals surface area contributed by atoms with Crippen LogP contribution >= 0.6 is 15.9 Å². The summed E-state index contributed by atoms with van der Waals surface area (Å²) in [5.41, 5.74) is 0.774. The van der Waals surface area contributed by atoms with Crippen LogP contribution in [0.3, 0.4) is 0 Å². The van der Waals surface area contributed by atoms with Crippen LogP contribution in [0.2, 0.25) is 0 Å². The lowest BCUT2D eigenvalue weighted by atomic mass is 10.1. The molecule has 0 spiro atoms. The van der Waals surface area contributed by atoms with E-state index in [1.807, 2.05) is 25.1 Å². The van der Waals surface area contributed by atoms with Crippen LogP contribution < -0.4 is 0 Å². The lowest BCUT2D eigenvalue weighted by Crippen LogP contribution is -2.02. The summed E-state index contributed by atoms with van der Waals surface area (Å²) in [6.07, 6.45) is 0. The summed E-state index contributed by atoms with van der Waals surface area (Å²) in [5.74, 6) is 0.0499. The molecule has 0 saturated carbocycles. The average molecular weight is 294 g/mol. The Morgan fingerprint density at radius 3 is 2.41 bits per heavy atom. The molecule has 0 heterocycles. The molecule has 1 rings (SSSR count). The van der Waals surface area contributed by atoms with E-state index in [4.69, 9.17) is 10.00 Å². The first-order valence-corrected chi connectivity index (χ1v) is 5.93. The van der Waals surface area contributed by atoms with Crippen molar-refractivity contribution in [1.82, 2.24) is 0 Å². The van der Waals surface area contributed by atoms with E-state index < -0.39 is 0 Å². The first-order chi connectivity index (χ1) is 8.10. The molecule has 0 radical (unpaired) electrons. The summed E-state index contributed by atoms with van der Waals surface area (Å²) in [5, 5.41) is 8.99. The van der Waals surface area contributed by atoms with Crippen LogP contribution in [0.5, 0.6) is 0 Å². The predicted molar refractivity (Wildman–Crippen MR) is 69.0 cm³/mol. The van der Waals surface area contributed by atoms with Gasteiger partial charge in [-0.2, -0.15) is 5.26 Å². The van der Waals surface area contributed by atoms with Crippen molar-refractivity contribution < 1.29 is 9.53 Å². The molecular formula is C13H12BrNO2. The SMILES string of the molecule is CCO/C(=C(\C#N)C(C)=O)c1ccc(Br)cc1. The summed E-state index contributed by atoms with van der Waals surface area (Å²) >= 11 is 3.33. The van der Waals surface area contributed by atoms with Crippen LogP contribution in [-0.2, 0) is 9.53 Å². The lowest BCUT2D eigenvalue weighted by Gasteiger charge is -2.10. The van der Waals surface area contributed by atoms with Gasteiger partial charge in [-0.1, -0.05) is 28.1 Å². The molecule has 0 saturated heterocycles. The molecule has 0 aromatic heterocycles. The molecular weight excluding hydrogens is 282 g/mol. The van der Waals surface area contributed by atoms with E-state index in [9.17, 15) is 4.79 Å². The number of ether oxygens (including phenoxy) is 1. The number of nitriles is 1. The molecule has 0 fully saturated rings. The maximum absolute atomic E-state index is 11.4. The van der Waals surface area contributed by atoms with Crippen molar-refractivity contribution in [1.29, 1.82) is 5.26 Å². The highest BCUT2D eigenvalue weighted by Gasteiger charge is 2.14. The van der Waals surface area contributed by atoms with Crippen molar-refractivity contribution in [2.75, 3.05) is 6.61 Å². The van der Waals surface area contributed by atoms with Gasteiger partial charge < -0.3 is 4.74 Å². The van der Waals surface area contributed by atoms with Gasteiger partial charge >= 0.3 is 0 Å². The topological polar surface area (TPSA) is 50.1 Å². The zero-order valence-electron chi connectivity index (χ0n) is 9.66. The lowest BCUT2D eigenvalue weighted by molar-refractivity contribution is -0.113. The third-order valence-electron chi connectivity index (χ3n) is 2.09. The highest BCUT2D eigenvalue weighted by atomic mass is 79.9. The zero-order chi connectivity index (χ0) is 12.8. The Bertz CT molecular complexity index is 483. The van der Waals surface area contributed by atoms with Gasteiger partial charge in [0.25, 0.3) is 0 Å². The fourth-order valence-corrected chi connectivity index (χ4v) is 1.60. The quantitative estimate of drug-likeness (QED) is 0.486. The standard InChI is InChI=1S/C13H12BrNO2/c1-3-17-13(12(8-15)9(2)16)10-4-6-11(14)7-5-10/h4-7H,3H2,1-2H3/b13-12+. The highest BCUT2D eigenvalue weighted by molar-refractivity contribution is 9.10. The van der Waals surface area contributed by atoms with Gasteiger partial charge in [-0.3, -0.25) is 4.79 Å². The van der Waals surface area contributed by atoms with Crippen LogP contribution in [0, 0.1) is 11.3 Å². The molecule has 1 aromatic rings. The van der Waals surface area contributed by atoms with E-state index in [0.29, 0.717) is 12.4 Å². The molecule has 88 valence electrons. The molecule has 0 N–H and O–H groups in total. The Morgan fingerprint density at radius 1 is 1.41 bits per heavy atom. The van der Waals surface area contributed by atoms with Gasteiger partial charge in [0.15, 0.2) is 5.78 Å². The minimum Gasteiger partial charge on any atom is -0.492 e. The summed E-state index contributed by atoms with van der Waals surface area (Å²) in [4.78, 5) is 11.4. The van der Waals surface area contributed by atoms with Crippen molar-refractivity contribution >= 4 is 27.5 Å². The summed E-state index contributed by atoms with van der Waals surface area (Å²) in [7, 11) is 0. The normalized spacial score (nSPS) is 11.4. The van der Waals surface area contributed by atoms with Gasteiger partial charge in [-0.25, -0.2) is 0 Å². The molecule has 1 aromatic carbocycles.